The number of methoxy groups -OCH3 is 1. The molecular formula is C17H19BrN2O3S. The van der Waals surface area contributed by atoms with Gasteiger partial charge in [0.2, 0.25) is 10.0 Å². The largest absolute Gasteiger partial charge is 0.495 e. The van der Waals surface area contributed by atoms with Gasteiger partial charge in [-0.15, -0.1) is 0 Å². The number of benzene rings is 2. The molecule has 0 aromatic heterocycles. The van der Waals surface area contributed by atoms with Crippen molar-refractivity contribution in [2.45, 2.75) is 4.90 Å². The molecule has 0 spiro atoms. The molecule has 1 saturated heterocycles. The maximum atomic E-state index is 12.8. The maximum absolute atomic E-state index is 12.8. The van der Waals surface area contributed by atoms with Gasteiger partial charge in [-0.1, -0.05) is 34.1 Å². The number of hydrogen-bond acceptors (Lipinski definition) is 4. The summed E-state index contributed by atoms with van der Waals surface area (Å²) < 4.78 is 33.2. The molecule has 0 atom stereocenters. The van der Waals surface area contributed by atoms with Gasteiger partial charge >= 0.3 is 0 Å². The van der Waals surface area contributed by atoms with E-state index in [1.807, 2.05) is 30.3 Å². The lowest BCUT2D eigenvalue weighted by Crippen LogP contribution is -2.48. The smallest absolute Gasteiger partial charge is 0.243 e. The van der Waals surface area contributed by atoms with Crippen molar-refractivity contribution in [3.8, 4) is 5.75 Å². The van der Waals surface area contributed by atoms with E-state index < -0.39 is 10.0 Å². The van der Waals surface area contributed by atoms with Gasteiger partial charge in [-0.25, -0.2) is 8.42 Å². The summed E-state index contributed by atoms with van der Waals surface area (Å²) in [4.78, 5) is 2.48. The van der Waals surface area contributed by atoms with Crippen molar-refractivity contribution in [2.24, 2.45) is 0 Å². The highest BCUT2D eigenvalue weighted by Crippen LogP contribution is 2.29. The third kappa shape index (κ3) is 3.43. The second kappa shape index (κ2) is 7.13. The summed E-state index contributed by atoms with van der Waals surface area (Å²) in [6.45, 7) is 2.17. The lowest BCUT2D eigenvalue weighted by Gasteiger charge is -2.35. The van der Waals surface area contributed by atoms with E-state index in [1.165, 1.54) is 0 Å². The van der Waals surface area contributed by atoms with E-state index in [1.54, 1.807) is 29.6 Å². The van der Waals surface area contributed by atoms with Crippen molar-refractivity contribution < 1.29 is 13.2 Å². The predicted molar refractivity (Wildman–Crippen MR) is 98.1 cm³/mol. The van der Waals surface area contributed by atoms with Gasteiger partial charge in [0, 0.05) is 30.7 Å². The average molecular weight is 411 g/mol. The summed E-state index contributed by atoms with van der Waals surface area (Å²) in [6, 6.07) is 14.6. The molecule has 1 aliphatic heterocycles. The van der Waals surface area contributed by atoms with E-state index in [-0.39, 0.29) is 0 Å². The van der Waals surface area contributed by atoms with Gasteiger partial charge < -0.3 is 9.64 Å². The van der Waals surface area contributed by atoms with E-state index in [4.69, 9.17) is 4.74 Å². The third-order valence-electron chi connectivity index (χ3n) is 4.10. The van der Waals surface area contributed by atoms with E-state index >= 15 is 0 Å². The maximum Gasteiger partial charge on any atom is 0.243 e. The molecule has 3 rings (SSSR count). The van der Waals surface area contributed by atoms with Crippen LogP contribution in [-0.4, -0.2) is 46.0 Å². The standard InChI is InChI=1S/C17H19BrN2O3S/c1-23-17-8-3-2-7-16(17)19-9-11-20(12-10-19)24(21,22)15-6-4-5-14(18)13-15/h2-8,13H,9-12H2,1H3. The first-order valence-corrected chi connectivity index (χ1v) is 9.89. The number of para-hydroxylation sites is 2. The Balaban J connectivity index is 1.75. The molecule has 2 aromatic rings. The number of anilines is 1. The SMILES string of the molecule is COc1ccccc1N1CCN(S(=O)(=O)c2cccc(Br)c2)CC1. The van der Waals surface area contributed by atoms with E-state index in [0.29, 0.717) is 31.1 Å². The summed E-state index contributed by atoms with van der Waals surface area (Å²) in [6.07, 6.45) is 0. The van der Waals surface area contributed by atoms with Gasteiger partial charge in [-0.3, -0.25) is 0 Å². The Bertz CT molecular complexity index is 818. The molecule has 24 heavy (non-hydrogen) atoms. The minimum atomic E-state index is -3.46. The van der Waals surface area contributed by atoms with Gasteiger partial charge in [0.05, 0.1) is 17.7 Å². The van der Waals surface area contributed by atoms with Gasteiger partial charge in [0.1, 0.15) is 5.75 Å². The molecule has 5 nitrogen and oxygen atoms in total. The minimum Gasteiger partial charge on any atom is -0.495 e. The number of halogens is 1. The van der Waals surface area contributed by atoms with Crippen LogP contribution in [0.25, 0.3) is 0 Å². The molecule has 128 valence electrons. The lowest BCUT2D eigenvalue weighted by molar-refractivity contribution is 0.378. The van der Waals surface area contributed by atoms with Gasteiger partial charge in [0.25, 0.3) is 0 Å². The Morgan fingerprint density at radius 3 is 2.38 bits per heavy atom. The molecule has 0 aliphatic carbocycles. The van der Waals surface area contributed by atoms with Crippen LogP contribution in [0.1, 0.15) is 0 Å². The highest BCUT2D eigenvalue weighted by atomic mass is 79.9. The van der Waals surface area contributed by atoms with Gasteiger partial charge in [0.15, 0.2) is 0 Å². The normalized spacial score (nSPS) is 16.2. The number of sulfonamides is 1. The van der Waals surface area contributed by atoms with Crippen molar-refractivity contribution in [3.63, 3.8) is 0 Å². The number of hydrogen-bond donors (Lipinski definition) is 0. The molecule has 1 heterocycles. The van der Waals surface area contributed by atoms with E-state index in [2.05, 4.69) is 20.8 Å². The second-order valence-electron chi connectivity index (χ2n) is 5.52. The molecule has 1 fully saturated rings. The molecule has 0 amide bonds. The Hall–Kier alpha value is -1.57. The fourth-order valence-electron chi connectivity index (χ4n) is 2.84. The quantitative estimate of drug-likeness (QED) is 0.777. The number of nitrogens with zero attached hydrogens (tertiary/aromatic N) is 2. The fraction of sp³-hybridized carbons (Fsp3) is 0.294. The second-order valence-corrected chi connectivity index (χ2v) is 8.37. The Labute approximate surface area is 151 Å². The highest BCUT2D eigenvalue weighted by molar-refractivity contribution is 9.10. The molecule has 2 aromatic carbocycles. The first kappa shape index (κ1) is 17.3. The zero-order valence-corrected chi connectivity index (χ0v) is 15.8. The molecule has 0 N–H and O–H groups in total. The number of rotatable bonds is 4. The van der Waals surface area contributed by atoms with Crippen LogP contribution in [-0.2, 0) is 10.0 Å². The summed E-state index contributed by atoms with van der Waals surface area (Å²) in [5.41, 5.74) is 1.000. The summed E-state index contributed by atoms with van der Waals surface area (Å²) in [7, 11) is -1.81. The summed E-state index contributed by atoms with van der Waals surface area (Å²) in [5, 5.41) is 0. The summed E-state index contributed by atoms with van der Waals surface area (Å²) in [5.74, 6) is 0.806. The van der Waals surface area contributed by atoms with Gasteiger partial charge in [-0.05, 0) is 30.3 Å². The molecular weight excluding hydrogens is 392 g/mol. The topological polar surface area (TPSA) is 49.9 Å². The van der Waals surface area contributed by atoms with Crippen molar-refractivity contribution in [1.82, 2.24) is 4.31 Å². The van der Waals surface area contributed by atoms with Crippen LogP contribution in [0.4, 0.5) is 5.69 Å². The molecule has 1 aliphatic rings. The fourth-order valence-corrected chi connectivity index (χ4v) is 4.86. The van der Waals surface area contributed by atoms with Crippen molar-refractivity contribution in [2.75, 3.05) is 38.2 Å². The number of ether oxygens (including phenoxy) is 1. The Morgan fingerprint density at radius 2 is 1.71 bits per heavy atom. The van der Waals surface area contributed by atoms with Crippen LogP contribution >= 0.6 is 15.9 Å². The first-order valence-electron chi connectivity index (χ1n) is 7.66. The molecule has 0 unspecified atom stereocenters. The van der Waals surface area contributed by atoms with Crippen molar-refractivity contribution in [3.05, 3.63) is 53.0 Å². The average Bonchev–Trinajstić information content (AvgIpc) is 2.62. The summed E-state index contributed by atoms with van der Waals surface area (Å²) >= 11 is 3.33. The Kier molecular flexibility index (Phi) is 5.12. The van der Waals surface area contributed by atoms with E-state index in [9.17, 15) is 8.42 Å². The third-order valence-corrected chi connectivity index (χ3v) is 6.49. The van der Waals surface area contributed by atoms with Crippen LogP contribution in [0.5, 0.6) is 5.75 Å². The number of piperazine rings is 1. The van der Waals surface area contributed by atoms with Crippen molar-refractivity contribution >= 4 is 31.6 Å². The van der Waals surface area contributed by atoms with Crippen LogP contribution in [0.2, 0.25) is 0 Å². The van der Waals surface area contributed by atoms with Crippen LogP contribution in [0.3, 0.4) is 0 Å². The van der Waals surface area contributed by atoms with Gasteiger partial charge in [-0.2, -0.15) is 4.31 Å². The molecule has 0 saturated carbocycles. The Morgan fingerprint density at radius 1 is 1.00 bits per heavy atom. The zero-order valence-electron chi connectivity index (χ0n) is 13.4. The van der Waals surface area contributed by atoms with Crippen LogP contribution in [0, 0.1) is 0 Å². The zero-order chi connectivity index (χ0) is 17.2. The highest BCUT2D eigenvalue weighted by Gasteiger charge is 2.29. The first-order chi connectivity index (χ1) is 11.5. The predicted octanol–water partition coefficient (Wildman–Crippen LogP) is 2.97. The van der Waals surface area contributed by atoms with Crippen LogP contribution < -0.4 is 9.64 Å². The van der Waals surface area contributed by atoms with Crippen molar-refractivity contribution in [1.29, 1.82) is 0 Å². The molecule has 0 bridgehead atoms. The lowest BCUT2D eigenvalue weighted by atomic mass is 10.2. The minimum absolute atomic E-state index is 0.322. The monoisotopic (exact) mass is 410 g/mol. The molecule has 0 radical (unpaired) electrons. The van der Waals surface area contributed by atoms with Crippen LogP contribution in [0.15, 0.2) is 57.9 Å². The van der Waals surface area contributed by atoms with E-state index in [0.717, 1.165) is 15.9 Å². The molecule has 7 heteroatoms.